The third-order valence-electron chi connectivity index (χ3n) is 7.22. The molecule has 0 spiro atoms. The lowest BCUT2D eigenvalue weighted by atomic mass is 9.98. The van der Waals surface area contributed by atoms with Gasteiger partial charge in [-0.2, -0.15) is 0 Å². The van der Waals surface area contributed by atoms with Crippen LogP contribution in [-0.4, -0.2) is 52.7 Å². The fraction of sp³-hybridized carbons (Fsp3) is 0.480. The molecule has 2 atom stereocenters. The summed E-state index contributed by atoms with van der Waals surface area (Å²) in [7, 11) is 0. The summed E-state index contributed by atoms with van der Waals surface area (Å²) in [6.07, 6.45) is 6.71. The summed E-state index contributed by atoms with van der Waals surface area (Å²) in [4.78, 5) is 9.77. The van der Waals surface area contributed by atoms with E-state index >= 15 is 0 Å². The minimum Gasteiger partial charge on any atom is -0.371 e. The van der Waals surface area contributed by atoms with E-state index < -0.39 is 0 Å². The van der Waals surface area contributed by atoms with Gasteiger partial charge in [0.25, 0.3) is 0 Å². The second-order valence-electron chi connectivity index (χ2n) is 9.28. The summed E-state index contributed by atoms with van der Waals surface area (Å²) < 4.78 is 2.20. The van der Waals surface area contributed by atoms with E-state index in [1.54, 1.807) is 6.07 Å². The number of imidazole rings is 1. The van der Waals surface area contributed by atoms with Gasteiger partial charge in [-0.1, -0.05) is 29.3 Å². The number of benzene rings is 2. The van der Waals surface area contributed by atoms with Crippen LogP contribution in [0.2, 0.25) is 10.0 Å². The lowest BCUT2D eigenvalue weighted by Gasteiger charge is -2.42. The van der Waals surface area contributed by atoms with Crippen LogP contribution in [0.1, 0.15) is 44.2 Å². The Morgan fingerprint density at radius 2 is 1.84 bits per heavy atom. The van der Waals surface area contributed by atoms with Crippen molar-refractivity contribution in [1.82, 2.24) is 14.5 Å². The van der Waals surface area contributed by atoms with Crippen LogP contribution in [0, 0.1) is 0 Å². The van der Waals surface area contributed by atoms with Gasteiger partial charge in [0.2, 0.25) is 0 Å². The Morgan fingerprint density at radius 3 is 2.59 bits per heavy atom. The highest BCUT2D eigenvalue weighted by Crippen LogP contribution is 2.32. The number of halogens is 2. The molecule has 32 heavy (non-hydrogen) atoms. The van der Waals surface area contributed by atoms with Crippen LogP contribution >= 0.6 is 23.2 Å². The Labute approximate surface area is 200 Å². The highest BCUT2D eigenvalue weighted by atomic mass is 35.5. The minimum atomic E-state index is 0.0639. The van der Waals surface area contributed by atoms with Crippen molar-refractivity contribution in [2.45, 2.75) is 50.7 Å². The van der Waals surface area contributed by atoms with Crippen molar-refractivity contribution in [1.29, 1.82) is 0 Å². The van der Waals surface area contributed by atoms with E-state index in [1.807, 2.05) is 18.5 Å². The SMILES string of the molecule is CC(c1ccc(Cl)cc1Cl)n1cnc2ccc(N3CCC(N4CCCC(N)C4)CC3)cc21. The number of nitrogens with two attached hydrogens (primary N) is 1. The first-order chi connectivity index (χ1) is 15.5. The Balaban J connectivity index is 1.34. The van der Waals surface area contributed by atoms with Crippen LogP contribution in [0.4, 0.5) is 5.69 Å². The number of anilines is 1. The molecule has 5 rings (SSSR count). The topological polar surface area (TPSA) is 50.3 Å². The molecule has 0 saturated carbocycles. The molecule has 0 amide bonds. The number of piperidine rings is 2. The van der Waals surface area contributed by atoms with Crippen LogP contribution in [-0.2, 0) is 0 Å². The second-order valence-corrected chi connectivity index (χ2v) is 10.1. The third-order valence-corrected chi connectivity index (χ3v) is 7.79. The first kappa shape index (κ1) is 22.0. The quantitative estimate of drug-likeness (QED) is 0.557. The molecule has 0 aliphatic carbocycles. The number of rotatable bonds is 4. The van der Waals surface area contributed by atoms with Crippen LogP contribution in [0.3, 0.4) is 0 Å². The van der Waals surface area contributed by atoms with Crippen LogP contribution in [0.25, 0.3) is 11.0 Å². The zero-order valence-corrected chi connectivity index (χ0v) is 20.1. The average Bonchev–Trinajstić information content (AvgIpc) is 3.22. The normalized spacial score (nSPS) is 21.9. The minimum absolute atomic E-state index is 0.0639. The molecule has 2 aliphatic heterocycles. The van der Waals surface area contributed by atoms with Gasteiger partial charge in [0.1, 0.15) is 0 Å². The number of fused-ring (bicyclic) bond motifs is 1. The molecule has 2 aromatic carbocycles. The zero-order chi connectivity index (χ0) is 22.2. The maximum Gasteiger partial charge on any atom is 0.0964 e. The van der Waals surface area contributed by atoms with E-state index in [1.165, 1.54) is 37.9 Å². The number of likely N-dealkylation sites (tertiary alicyclic amines) is 1. The van der Waals surface area contributed by atoms with Gasteiger partial charge in [0.05, 0.1) is 23.4 Å². The number of hydrogen-bond acceptors (Lipinski definition) is 4. The smallest absolute Gasteiger partial charge is 0.0964 e. The van der Waals surface area contributed by atoms with E-state index in [2.05, 4.69) is 44.5 Å². The van der Waals surface area contributed by atoms with Crippen molar-refractivity contribution in [2.24, 2.45) is 5.73 Å². The van der Waals surface area contributed by atoms with Gasteiger partial charge < -0.3 is 15.2 Å². The van der Waals surface area contributed by atoms with Gasteiger partial charge >= 0.3 is 0 Å². The van der Waals surface area contributed by atoms with Crippen molar-refractivity contribution in [3.63, 3.8) is 0 Å². The molecular weight excluding hydrogens is 441 g/mol. The van der Waals surface area contributed by atoms with Crippen LogP contribution < -0.4 is 10.6 Å². The largest absolute Gasteiger partial charge is 0.371 e. The molecule has 3 heterocycles. The molecule has 2 fully saturated rings. The van der Waals surface area contributed by atoms with E-state index in [4.69, 9.17) is 28.9 Å². The predicted molar refractivity (Wildman–Crippen MR) is 134 cm³/mol. The van der Waals surface area contributed by atoms with E-state index in [-0.39, 0.29) is 6.04 Å². The Hall–Kier alpha value is -1.79. The van der Waals surface area contributed by atoms with Crippen molar-refractivity contribution < 1.29 is 0 Å². The molecule has 0 bridgehead atoms. The molecule has 2 N–H and O–H groups in total. The summed E-state index contributed by atoms with van der Waals surface area (Å²) in [5.74, 6) is 0. The maximum absolute atomic E-state index is 6.49. The summed E-state index contributed by atoms with van der Waals surface area (Å²) >= 11 is 12.6. The molecule has 3 aromatic rings. The first-order valence-corrected chi connectivity index (χ1v) is 12.4. The zero-order valence-electron chi connectivity index (χ0n) is 18.6. The summed E-state index contributed by atoms with van der Waals surface area (Å²) in [5, 5.41) is 1.33. The van der Waals surface area contributed by atoms with E-state index in [0.29, 0.717) is 22.1 Å². The van der Waals surface area contributed by atoms with Gasteiger partial charge in [-0.25, -0.2) is 4.98 Å². The second kappa shape index (κ2) is 9.22. The van der Waals surface area contributed by atoms with Gasteiger partial charge in [-0.3, -0.25) is 4.90 Å². The lowest BCUT2D eigenvalue weighted by Crippen LogP contribution is -2.51. The Kier molecular flexibility index (Phi) is 6.35. The van der Waals surface area contributed by atoms with Gasteiger partial charge in [0, 0.05) is 47.5 Å². The molecule has 2 aliphatic rings. The molecule has 5 nitrogen and oxygen atoms in total. The van der Waals surface area contributed by atoms with E-state index in [0.717, 1.165) is 36.2 Å². The molecule has 1 aromatic heterocycles. The maximum atomic E-state index is 6.49. The molecule has 170 valence electrons. The van der Waals surface area contributed by atoms with Crippen molar-refractivity contribution in [3.05, 3.63) is 58.3 Å². The highest BCUT2D eigenvalue weighted by molar-refractivity contribution is 6.35. The number of aromatic nitrogens is 2. The summed E-state index contributed by atoms with van der Waals surface area (Å²) in [6, 6.07) is 13.4. The fourth-order valence-corrected chi connectivity index (χ4v) is 5.94. The molecular formula is C25H31Cl2N5. The Morgan fingerprint density at radius 1 is 1.03 bits per heavy atom. The average molecular weight is 472 g/mol. The summed E-state index contributed by atoms with van der Waals surface area (Å²) in [6.45, 7) is 6.57. The molecule has 7 heteroatoms. The van der Waals surface area contributed by atoms with Gasteiger partial charge in [-0.15, -0.1) is 0 Å². The monoisotopic (exact) mass is 471 g/mol. The highest BCUT2D eigenvalue weighted by Gasteiger charge is 2.28. The summed E-state index contributed by atoms with van der Waals surface area (Å²) in [5.41, 5.74) is 10.7. The van der Waals surface area contributed by atoms with Crippen molar-refractivity contribution in [2.75, 3.05) is 31.1 Å². The van der Waals surface area contributed by atoms with E-state index in [9.17, 15) is 0 Å². The molecule has 2 unspecified atom stereocenters. The lowest BCUT2D eigenvalue weighted by molar-refractivity contribution is 0.129. The van der Waals surface area contributed by atoms with Crippen molar-refractivity contribution in [3.8, 4) is 0 Å². The van der Waals surface area contributed by atoms with Gasteiger partial charge in [0.15, 0.2) is 0 Å². The standard InChI is InChI=1S/C25H31Cl2N5/c1-17(22-6-4-18(26)13-23(22)27)32-16-29-24-7-5-21(14-25(24)32)30-11-8-20(9-12-30)31-10-2-3-19(28)15-31/h4-7,13-14,16-17,19-20H,2-3,8-12,15,28H2,1H3. The fourth-order valence-electron chi connectivity index (χ4n) is 5.37. The first-order valence-electron chi connectivity index (χ1n) is 11.7. The molecule has 0 radical (unpaired) electrons. The molecule has 2 saturated heterocycles. The van der Waals surface area contributed by atoms with Crippen LogP contribution in [0.15, 0.2) is 42.7 Å². The number of hydrogen-bond donors (Lipinski definition) is 1. The predicted octanol–water partition coefficient (Wildman–Crippen LogP) is 5.34. The van der Waals surface area contributed by atoms with Crippen LogP contribution in [0.5, 0.6) is 0 Å². The van der Waals surface area contributed by atoms with Gasteiger partial charge in [-0.05, 0) is 75.0 Å². The third kappa shape index (κ3) is 4.36. The number of nitrogens with zero attached hydrogens (tertiary/aromatic N) is 4. The van der Waals surface area contributed by atoms with Crippen molar-refractivity contribution >= 4 is 39.9 Å². The Bertz CT molecular complexity index is 1090.